The summed E-state index contributed by atoms with van der Waals surface area (Å²) in [6.45, 7) is 6.49. The average Bonchev–Trinajstić information content (AvgIpc) is 2.52. The Morgan fingerprint density at radius 1 is 1.13 bits per heavy atom. The number of rotatable bonds is 10. The van der Waals surface area contributed by atoms with Gasteiger partial charge in [-0.1, -0.05) is 44.4 Å². The molecule has 0 heterocycles. The molecule has 0 saturated carbocycles. The predicted molar refractivity (Wildman–Crippen MR) is 92.7 cm³/mol. The number of benzene rings is 1. The molecule has 6 heteroatoms. The average molecular weight is 340 g/mol. The minimum absolute atomic E-state index is 0.00971. The maximum absolute atomic E-state index is 12.1. The van der Waals surface area contributed by atoms with E-state index in [2.05, 4.69) is 17.0 Å². The smallest absolute Gasteiger partial charge is 0.240 e. The van der Waals surface area contributed by atoms with Crippen molar-refractivity contribution in [2.24, 2.45) is 5.92 Å². The molecule has 1 atom stereocenters. The van der Waals surface area contributed by atoms with E-state index in [0.717, 1.165) is 31.2 Å². The van der Waals surface area contributed by atoms with Gasteiger partial charge in [-0.05, 0) is 31.9 Å². The Kier molecular flexibility index (Phi) is 8.26. The normalized spacial score (nSPS) is 12.8. The molecule has 0 saturated heterocycles. The number of nitrogens with one attached hydrogen (secondary N) is 2. The van der Waals surface area contributed by atoms with E-state index in [1.54, 1.807) is 24.3 Å². The molecule has 0 aliphatic rings. The van der Waals surface area contributed by atoms with Crippen LogP contribution in [-0.4, -0.2) is 27.4 Å². The highest BCUT2D eigenvalue weighted by Crippen LogP contribution is 2.12. The second-order valence-corrected chi connectivity index (χ2v) is 7.52. The molecule has 0 fully saturated rings. The van der Waals surface area contributed by atoms with Crippen molar-refractivity contribution in [1.29, 1.82) is 0 Å². The summed E-state index contributed by atoms with van der Waals surface area (Å²) in [5.41, 5.74) is 1.01. The van der Waals surface area contributed by atoms with Crippen molar-refractivity contribution in [1.82, 2.24) is 10.0 Å². The van der Waals surface area contributed by atoms with E-state index in [0.29, 0.717) is 6.54 Å². The quantitative estimate of drug-likeness (QED) is 0.643. The van der Waals surface area contributed by atoms with E-state index in [-0.39, 0.29) is 23.3 Å². The zero-order chi connectivity index (χ0) is 17.3. The summed E-state index contributed by atoms with van der Waals surface area (Å²) in [5.74, 6) is 0.0270. The molecule has 23 heavy (non-hydrogen) atoms. The molecular weight excluding hydrogens is 312 g/mol. The fourth-order valence-electron chi connectivity index (χ4n) is 2.29. The fraction of sp³-hybridized carbons (Fsp3) is 0.588. The lowest BCUT2D eigenvalue weighted by Gasteiger charge is -2.14. The van der Waals surface area contributed by atoms with Gasteiger partial charge in [-0.25, -0.2) is 13.1 Å². The molecule has 0 spiro atoms. The highest BCUT2D eigenvalue weighted by molar-refractivity contribution is 7.89. The molecule has 1 aromatic carbocycles. The molecule has 130 valence electrons. The molecule has 2 N–H and O–H groups in total. The van der Waals surface area contributed by atoms with Crippen molar-refractivity contribution in [2.75, 3.05) is 13.1 Å². The van der Waals surface area contributed by atoms with Crippen molar-refractivity contribution in [3.63, 3.8) is 0 Å². The Balaban J connectivity index is 2.41. The zero-order valence-electron chi connectivity index (χ0n) is 14.3. The largest absolute Gasteiger partial charge is 0.355 e. The van der Waals surface area contributed by atoms with Gasteiger partial charge in [-0.2, -0.15) is 0 Å². The lowest BCUT2D eigenvalue weighted by atomic mass is 9.98. The molecule has 1 unspecified atom stereocenters. The van der Waals surface area contributed by atoms with Gasteiger partial charge in [0.05, 0.1) is 4.90 Å². The Labute approximate surface area is 139 Å². The van der Waals surface area contributed by atoms with Gasteiger partial charge in [-0.15, -0.1) is 0 Å². The zero-order valence-corrected chi connectivity index (χ0v) is 15.1. The number of hydrogen-bond donors (Lipinski definition) is 2. The minimum atomic E-state index is -3.52. The van der Waals surface area contributed by atoms with Crippen molar-refractivity contribution < 1.29 is 13.2 Å². The van der Waals surface area contributed by atoms with Gasteiger partial charge in [-0.3, -0.25) is 4.79 Å². The maximum Gasteiger partial charge on any atom is 0.240 e. The van der Waals surface area contributed by atoms with Gasteiger partial charge >= 0.3 is 0 Å². The van der Waals surface area contributed by atoms with Crippen molar-refractivity contribution in [3.05, 3.63) is 29.8 Å². The molecule has 1 rings (SSSR count). The first-order chi connectivity index (χ1) is 10.9. The van der Waals surface area contributed by atoms with Crippen LogP contribution >= 0.6 is 0 Å². The fourth-order valence-corrected chi connectivity index (χ4v) is 3.32. The Bertz CT molecular complexity index is 582. The number of sulfonamides is 1. The van der Waals surface area contributed by atoms with Gasteiger partial charge in [0, 0.05) is 19.0 Å². The Hall–Kier alpha value is -1.40. The molecule has 0 aliphatic carbocycles. The van der Waals surface area contributed by atoms with Crippen LogP contribution in [0.15, 0.2) is 29.2 Å². The minimum Gasteiger partial charge on any atom is -0.355 e. The first-order valence-corrected chi connectivity index (χ1v) is 9.73. The summed E-state index contributed by atoms with van der Waals surface area (Å²) in [6.07, 6.45) is 3.79. The van der Waals surface area contributed by atoms with Gasteiger partial charge in [0.15, 0.2) is 0 Å². The molecule has 5 nitrogen and oxygen atoms in total. The van der Waals surface area contributed by atoms with Crippen molar-refractivity contribution >= 4 is 15.9 Å². The van der Waals surface area contributed by atoms with Crippen LogP contribution in [0.25, 0.3) is 0 Å². The van der Waals surface area contributed by atoms with E-state index in [4.69, 9.17) is 0 Å². The maximum atomic E-state index is 12.1. The van der Waals surface area contributed by atoms with Crippen LogP contribution < -0.4 is 10.0 Å². The summed E-state index contributed by atoms with van der Waals surface area (Å²) in [6, 6.07) is 6.67. The lowest BCUT2D eigenvalue weighted by molar-refractivity contribution is -0.125. The van der Waals surface area contributed by atoms with Crippen LogP contribution in [0.1, 0.15) is 45.1 Å². The number of carbonyl (C=O) groups excluding carboxylic acids is 1. The van der Waals surface area contributed by atoms with Crippen LogP contribution in [-0.2, 0) is 14.8 Å². The Morgan fingerprint density at radius 3 is 2.35 bits per heavy atom. The first-order valence-electron chi connectivity index (χ1n) is 8.24. The number of aryl methyl sites for hydroxylation is 1. The second-order valence-electron chi connectivity index (χ2n) is 5.75. The van der Waals surface area contributed by atoms with Crippen LogP contribution in [0.4, 0.5) is 0 Å². The van der Waals surface area contributed by atoms with E-state index in [1.807, 2.05) is 13.8 Å². The molecule has 0 bridgehead atoms. The third-order valence-electron chi connectivity index (χ3n) is 3.82. The van der Waals surface area contributed by atoms with E-state index in [1.165, 1.54) is 0 Å². The third kappa shape index (κ3) is 6.71. The summed E-state index contributed by atoms with van der Waals surface area (Å²) >= 11 is 0. The van der Waals surface area contributed by atoms with Gasteiger partial charge in [0.1, 0.15) is 0 Å². The highest BCUT2D eigenvalue weighted by atomic mass is 32.2. The van der Waals surface area contributed by atoms with Gasteiger partial charge in [0.25, 0.3) is 0 Å². The molecule has 1 aromatic rings. The first kappa shape index (κ1) is 19.6. The SMILES string of the molecule is CCCCC(CC)C(=O)NCCNS(=O)(=O)c1ccc(C)cc1. The number of amides is 1. The number of hydrogen-bond acceptors (Lipinski definition) is 3. The van der Waals surface area contributed by atoms with E-state index in [9.17, 15) is 13.2 Å². The molecule has 0 aromatic heterocycles. The van der Waals surface area contributed by atoms with Crippen molar-refractivity contribution in [3.8, 4) is 0 Å². The summed E-state index contributed by atoms with van der Waals surface area (Å²) in [5, 5.41) is 2.81. The van der Waals surface area contributed by atoms with Crippen molar-refractivity contribution in [2.45, 2.75) is 51.3 Å². The van der Waals surface area contributed by atoms with E-state index < -0.39 is 10.0 Å². The van der Waals surface area contributed by atoms with Crippen LogP contribution in [0, 0.1) is 12.8 Å². The van der Waals surface area contributed by atoms with Gasteiger partial charge in [0.2, 0.25) is 15.9 Å². The number of unbranched alkanes of at least 4 members (excludes halogenated alkanes) is 1. The summed E-state index contributed by atoms with van der Waals surface area (Å²) in [7, 11) is -3.52. The second kappa shape index (κ2) is 9.67. The van der Waals surface area contributed by atoms with Crippen LogP contribution in [0.2, 0.25) is 0 Å². The van der Waals surface area contributed by atoms with E-state index >= 15 is 0 Å². The lowest BCUT2D eigenvalue weighted by Crippen LogP contribution is -2.37. The molecule has 0 aliphatic heterocycles. The number of carbonyl (C=O) groups is 1. The molecule has 0 radical (unpaired) electrons. The van der Waals surface area contributed by atoms with Crippen LogP contribution in [0.3, 0.4) is 0 Å². The van der Waals surface area contributed by atoms with Gasteiger partial charge < -0.3 is 5.32 Å². The highest BCUT2D eigenvalue weighted by Gasteiger charge is 2.16. The third-order valence-corrected chi connectivity index (χ3v) is 5.29. The molecular formula is C17H28N2O3S. The summed E-state index contributed by atoms with van der Waals surface area (Å²) < 4.78 is 26.7. The predicted octanol–water partition coefficient (Wildman–Crippen LogP) is 2.61. The van der Waals surface area contributed by atoms with Crippen LogP contribution in [0.5, 0.6) is 0 Å². The Morgan fingerprint density at radius 2 is 1.78 bits per heavy atom. The standard InChI is InChI=1S/C17H28N2O3S/c1-4-6-7-15(5-2)17(20)18-12-13-19-23(21,22)16-10-8-14(3)9-11-16/h8-11,15,19H,4-7,12-13H2,1-3H3,(H,18,20). The molecule has 1 amide bonds. The monoisotopic (exact) mass is 340 g/mol. The summed E-state index contributed by atoms with van der Waals surface area (Å²) in [4.78, 5) is 12.3. The topological polar surface area (TPSA) is 75.3 Å².